The molecule has 1 aromatic heterocycles. The molecule has 0 aromatic carbocycles. The fraction of sp³-hybridized carbons (Fsp3) is 0.636. The van der Waals surface area contributed by atoms with Gasteiger partial charge < -0.3 is 4.90 Å². The Bertz CT molecular complexity index is 593. The lowest BCUT2D eigenvalue weighted by Gasteiger charge is -2.31. The van der Waals surface area contributed by atoms with Gasteiger partial charge in [0.25, 0.3) is 5.91 Å². The van der Waals surface area contributed by atoms with E-state index >= 15 is 0 Å². The number of hydrogen-bond acceptors (Lipinski definition) is 4. The predicted molar refractivity (Wildman–Crippen MR) is 70.0 cm³/mol. The fourth-order valence-electron chi connectivity index (χ4n) is 2.37. The zero-order chi connectivity index (χ0) is 14.2. The van der Waals surface area contributed by atoms with Gasteiger partial charge in [0.15, 0.2) is 0 Å². The molecule has 1 aromatic rings. The van der Waals surface area contributed by atoms with Gasteiger partial charge in [-0.3, -0.25) is 9.48 Å². The van der Waals surface area contributed by atoms with Crippen LogP contribution in [0.3, 0.4) is 0 Å². The lowest BCUT2D eigenvalue weighted by atomic mass is 10.1. The molecule has 1 aliphatic heterocycles. The number of rotatable bonds is 2. The van der Waals surface area contributed by atoms with Crippen molar-refractivity contribution in [3.05, 3.63) is 17.5 Å². The smallest absolute Gasteiger partial charge is 0.257 e. The van der Waals surface area contributed by atoms with Crippen LogP contribution in [0.15, 0.2) is 6.20 Å². The Kier molecular flexibility index (Phi) is 3.64. The average Bonchev–Trinajstić information content (AvgIpc) is 2.66. The van der Waals surface area contributed by atoms with Crippen LogP contribution in [-0.2, 0) is 17.1 Å². The van der Waals surface area contributed by atoms with E-state index in [1.165, 1.54) is 0 Å². The summed E-state index contributed by atoms with van der Waals surface area (Å²) in [4.78, 5) is 13.9. The van der Waals surface area contributed by atoms with Crippen molar-refractivity contribution in [3.63, 3.8) is 0 Å². The molecule has 1 amide bonds. The molecule has 19 heavy (non-hydrogen) atoms. The van der Waals surface area contributed by atoms with Crippen LogP contribution in [0.4, 0.5) is 0 Å². The summed E-state index contributed by atoms with van der Waals surface area (Å²) in [5.74, 6) is -0.182. The molecule has 0 saturated carbocycles. The number of nitrogens with two attached hydrogens (primary N) is 1. The SMILES string of the molecule is Cc1nn(C)cc1C(=O)N1CCCC(S(N)(=O)=O)C1. The number of hydrogen-bond donors (Lipinski definition) is 1. The summed E-state index contributed by atoms with van der Waals surface area (Å²) in [5.41, 5.74) is 1.16. The molecule has 106 valence electrons. The summed E-state index contributed by atoms with van der Waals surface area (Å²) in [6, 6.07) is 0. The van der Waals surface area contributed by atoms with Crippen molar-refractivity contribution in [1.29, 1.82) is 0 Å². The summed E-state index contributed by atoms with van der Waals surface area (Å²) < 4.78 is 24.3. The van der Waals surface area contributed by atoms with Crippen LogP contribution >= 0.6 is 0 Å². The van der Waals surface area contributed by atoms with Gasteiger partial charge in [-0.05, 0) is 19.8 Å². The standard InChI is InChI=1S/C11H18N4O3S/c1-8-10(7-14(2)13-8)11(16)15-5-3-4-9(6-15)19(12,17)18/h7,9H,3-6H2,1-2H3,(H2,12,17,18). The number of carbonyl (C=O) groups excluding carboxylic acids is 1. The second-order valence-electron chi connectivity index (χ2n) is 4.91. The van der Waals surface area contributed by atoms with Gasteiger partial charge >= 0.3 is 0 Å². The van der Waals surface area contributed by atoms with Crippen molar-refractivity contribution in [3.8, 4) is 0 Å². The van der Waals surface area contributed by atoms with Gasteiger partial charge in [0.2, 0.25) is 10.0 Å². The summed E-state index contributed by atoms with van der Waals surface area (Å²) in [6.45, 7) is 2.47. The molecule has 0 radical (unpaired) electrons. The van der Waals surface area contributed by atoms with E-state index in [1.807, 2.05) is 0 Å². The van der Waals surface area contributed by atoms with Gasteiger partial charge in [-0.25, -0.2) is 13.6 Å². The molecule has 2 N–H and O–H groups in total. The number of carbonyl (C=O) groups is 1. The van der Waals surface area contributed by atoms with Crippen molar-refractivity contribution < 1.29 is 13.2 Å². The number of sulfonamides is 1. The molecule has 1 atom stereocenters. The Labute approximate surface area is 112 Å². The van der Waals surface area contributed by atoms with E-state index in [-0.39, 0.29) is 12.5 Å². The summed E-state index contributed by atoms with van der Waals surface area (Å²) in [5, 5.41) is 8.62. The molecule has 1 aliphatic rings. The number of amides is 1. The first-order chi connectivity index (χ1) is 8.79. The van der Waals surface area contributed by atoms with Crippen LogP contribution in [0.2, 0.25) is 0 Å². The molecule has 7 nitrogen and oxygen atoms in total. The van der Waals surface area contributed by atoms with E-state index in [0.717, 1.165) is 0 Å². The Morgan fingerprint density at radius 2 is 2.21 bits per heavy atom. The first kappa shape index (κ1) is 14.0. The van der Waals surface area contributed by atoms with Gasteiger partial charge in [-0.15, -0.1) is 0 Å². The van der Waals surface area contributed by atoms with Crippen molar-refractivity contribution >= 4 is 15.9 Å². The van der Waals surface area contributed by atoms with E-state index in [9.17, 15) is 13.2 Å². The lowest BCUT2D eigenvalue weighted by molar-refractivity contribution is 0.0726. The molecule has 1 saturated heterocycles. The van der Waals surface area contributed by atoms with Crippen LogP contribution < -0.4 is 5.14 Å². The monoisotopic (exact) mass is 286 g/mol. The van der Waals surface area contributed by atoms with E-state index in [2.05, 4.69) is 5.10 Å². The third-order valence-corrected chi connectivity index (χ3v) is 4.69. The molecular weight excluding hydrogens is 268 g/mol. The minimum absolute atomic E-state index is 0.159. The topological polar surface area (TPSA) is 98.3 Å². The Balaban J connectivity index is 2.18. The molecule has 0 aliphatic carbocycles. The van der Waals surface area contributed by atoms with Crippen LogP contribution in [0, 0.1) is 6.92 Å². The third kappa shape index (κ3) is 2.95. The van der Waals surface area contributed by atoms with Gasteiger partial charge in [-0.1, -0.05) is 0 Å². The summed E-state index contributed by atoms with van der Waals surface area (Å²) in [6.07, 6.45) is 2.80. The second-order valence-corrected chi connectivity index (χ2v) is 6.75. The first-order valence-electron chi connectivity index (χ1n) is 6.10. The zero-order valence-corrected chi connectivity index (χ0v) is 11.9. The highest BCUT2D eigenvalue weighted by molar-refractivity contribution is 7.89. The number of likely N-dealkylation sites (tertiary alicyclic amines) is 1. The van der Waals surface area contributed by atoms with E-state index in [4.69, 9.17) is 5.14 Å². The second kappa shape index (κ2) is 4.93. The predicted octanol–water partition coefficient (Wildman–Crippen LogP) is -0.378. The van der Waals surface area contributed by atoms with Gasteiger partial charge in [0.1, 0.15) is 0 Å². The van der Waals surface area contributed by atoms with E-state index in [1.54, 1.807) is 29.7 Å². The van der Waals surface area contributed by atoms with Gasteiger partial charge in [-0.2, -0.15) is 5.10 Å². The summed E-state index contributed by atoms with van der Waals surface area (Å²) >= 11 is 0. The normalized spacial score (nSPS) is 20.6. The van der Waals surface area contributed by atoms with Crippen molar-refractivity contribution in [1.82, 2.24) is 14.7 Å². The highest BCUT2D eigenvalue weighted by Crippen LogP contribution is 2.18. The van der Waals surface area contributed by atoms with Crippen LogP contribution in [-0.4, -0.2) is 47.3 Å². The van der Waals surface area contributed by atoms with E-state index in [0.29, 0.717) is 30.6 Å². The lowest BCUT2D eigenvalue weighted by Crippen LogP contribution is -2.47. The molecule has 2 rings (SSSR count). The number of primary sulfonamides is 1. The Morgan fingerprint density at radius 1 is 1.53 bits per heavy atom. The molecular formula is C11H18N4O3S. The van der Waals surface area contributed by atoms with Crippen molar-refractivity contribution in [2.75, 3.05) is 13.1 Å². The Morgan fingerprint density at radius 3 is 2.74 bits per heavy atom. The van der Waals surface area contributed by atoms with Crippen LogP contribution in [0.25, 0.3) is 0 Å². The first-order valence-corrected chi connectivity index (χ1v) is 7.71. The van der Waals surface area contributed by atoms with Crippen LogP contribution in [0.5, 0.6) is 0 Å². The largest absolute Gasteiger partial charge is 0.337 e. The van der Waals surface area contributed by atoms with Crippen molar-refractivity contribution in [2.24, 2.45) is 12.2 Å². The molecule has 1 fully saturated rings. The molecule has 0 spiro atoms. The quantitative estimate of drug-likeness (QED) is 0.801. The molecule has 8 heteroatoms. The van der Waals surface area contributed by atoms with E-state index < -0.39 is 15.3 Å². The number of piperidine rings is 1. The number of nitrogens with zero attached hydrogens (tertiary/aromatic N) is 3. The maximum absolute atomic E-state index is 12.3. The van der Waals surface area contributed by atoms with Crippen LogP contribution in [0.1, 0.15) is 28.9 Å². The highest BCUT2D eigenvalue weighted by Gasteiger charge is 2.31. The maximum Gasteiger partial charge on any atom is 0.257 e. The molecule has 1 unspecified atom stereocenters. The maximum atomic E-state index is 12.3. The summed E-state index contributed by atoms with van der Waals surface area (Å²) in [7, 11) is -1.85. The highest BCUT2D eigenvalue weighted by atomic mass is 32.2. The zero-order valence-electron chi connectivity index (χ0n) is 11.0. The van der Waals surface area contributed by atoms with Gasteiger partial charge in [0.05, 0.1) is 16.5 Å². The minimum Gasteiger partial charge on any atom is -0.337 e. The molecule has 0 bridgehead atoms. The van der Waals surface area contributed by atoms with Gasteiger partial charge in [0, 0.05) is 26.3 Å². The average molecular weight is 286 g/mol. The Hall–Kier alpha value is -1.41. The number of aromatic nitrogens is 2. The number of aryl methyl sites for hydroxylation is 2. The fourth-order valence-corrected chi connectivity index (χ4v) is 3.25. The molecule has 2 heterocycles. The minimum atomic E-state index is -3.59. The third-order valence-electron chi connectivity index (χ3n) is 3.37. The van der Waals surface area contributed by atoms with Crippen molar-refractivity contribution in [2.45, 2.75) is 25.0 Å².